The van der Waals surface area contributed by atoms with Gasteiger partial charge in [-0.2, -0.15) is 0 Å². The molecule has 1 amide bonds. The lowest BCUT2D eigenvalue weighted by atomic mass is 10.1. The summed E-state index contributed by atoms with van der Waals surface area (Å²) in [7, 11) is 1.35. The molecular weight excluding hydrogens is 186 g/mol. The van der Waals surface area contributed by atoms with E-state index in [9.17, 15) is 9.59 Å². The van der Waals surface area contributed by atoms with Gasteiger partial charge in [0.2, 0.25) is 5.91 Å². The van der Waals surface area contributed by atoms with Crippen LogP contribution in [0.3, 0.4) is 0 Å². The first kappa shape index (κ1) is 9.45. The minimum atomic E-state index is -0.291. The zero-order chi connectivity index (χ0) is 10.1. The fourth-order valence-electron chi connectivity index (χ4n) is 1.81. The molecule has 0 bridgehead atoms. The van der Waals surface area contributed by atoms with Gasteiger partial charge in [0.05, 0.1) is 32.3 Å². The third kappa shape index (κ3) is 1.48. The van der Waals surface area contributed by atoms with Crippen molar-refractivity contribution in [3.8, 4) is 0 Å². The number of likely N-dealkylation sites (tertiary alicyclic amines) is 1. The lowest BCUT2D eigenvalue weighted by Crippen LogP contribution is -2.49. The van der Waals surface area contributed by atoms with Crippen molar-refractivity contribution in [3.05, 3.63) is 0 Å². The summed E-state index contributed by atoms with van der Waals surface area (Å²) in [6, 6.07) is 0.178. The van der Waals surface area contributed by atoms with E-state index in [-0.39, 0.29) is 30.3 Å². The van der Waals surface area contributed by atoms with Crippen LogP contribution < -0.4 is 0 Å². The molecule has 0 aromatic rings. The van der Waals surface area contributed by atoms with E-state index in [0.29, 0.717) is 19.8 Å². The number of hydrogen-bond acceptors (Lipinski definition) is 4. The monoisotopic (exact) mass is 199 g/mol. The molecule has 0 aliphatic carbocycles. The molecule has 0 aromatic heterocycles. The fourth-order valence-corrected chi connectivity index (χ4v) is 1.81. The highest BCUT2D eigenvalue weighted by Gasteiger charge is 2.40. The molecule has 5 nitrogen and oxygen atoms in total. The third-order valence-electron chi connectivity index (χ3n) is 2.75. The maximum atomic E-state index is 11.5. The van der Waals surface area contributed by atoms with Gasteiger partial charge in [0.15, 0.2) is 0 Å². The van der Waals surface area contributed by atoms with Gasteiger partial charge in [-0.3, -0.25) is 9.59 Å². The predicted molar refractivity (Wildman–Crippen MR) is 46.4 cm³/mol. The van der Waals surface area contributed by atoms with Crippen molar-refractivity contribution in [1.29, 1.82) is 0 Å². The summed E-state index contributed by atoms with van der Waals surface area (Å²) in [6.45, 7) is 1.68. The first-order valence-corrected chi connectivity index (χ1v) is 4.67. The highest BCUT2D eigenvalue weighted by molar-refractivity contribution is 5.87. The van der Waals surface area contributed by atoms with E-state index < -0.39 is 0 Å². The van der Waals surface area contributed by atoms with Crippen LogP contribution in [0.2, 0.25) is 0 Å². The minimum Gasteiger partial charge on any atom is -0.469 e. The summed E-state index contributed by atoms with van der Waals surface area (Å²) in [5, 5.41) is 0. The molecule has 2 heterocycles. The van der Waals surface area contributed by atoms with E-state index in [4.69, 9.17) is 4.74 Å². The topological polar surface area (TPSA) is 55.8 Å². The number of ether oxygens (including phenoxy) is 2. The van der Waals surface area contributed by atoms with Crippen molar-refractivity contribution >= 4 is 11.9 Å². The van der Waals surface area contributed by atoms with Crippen molar-refractivity contribution in [3.63, 3.8) is 0 Å². The molecule has 2 aliphatic heterocycles. The van der Waals surface area contributed by atoms with E-state index in [2.05, 4.69) is 4.74 Å². The average molecular weight is 199 g/mol. The fraction of sp³-hybridized carbons (Fsp3) is 0.778. The Balaban J connectivity index is 1.96. The molecule has 1 unspecified atom stereocenters. The highest BCUT2D eigenvalue weighted by atomic mass is 16.5. The zero-order valence-electron chi connectivity index (χ0n) is 8.06. The molecule has 1 atom stereocenters. The Bertz CT molecular complexity index is 262. The van der Waals surface area contributed by atoms with Crippen LogP contribution in [-0.2, 0) is 19.1 Å². The van der Waals surface area contributed by atoms with Crippen molar-refractivity contribution in [2.24, 2.45) is 5.92 Å². The summed E-state index contributed by atoms with van der Waals surface area (Å²) in [5.41, 5.74) is 0. The zero-order valence-corrected chi connectivity index (χ0v) is 8.06. The highest BCUT2D eigenvalue weighted by Crippen LogP contribution is 2.23. The van der Waals surface area contributed by atoms with E-state index in [1.807, 2.05) is 0 Å². The molecule has 0 aromatic carbocycles. The van der Waals surface area contributed by atoms with Gasteiger partial charge < -0.3 is 14.4 Å². The molecule has 0 N–H and O–H groups in total. The van der Waals surface area contributed by atoms with Crippen LogP contribution in [0, 0.1) is 5.92 Å². The molecule has 5 heteroatoms. The normalized spacial score (nSPS) is 27.6. The smallest absolute Gasteiger partial charge is 0.310 e. The summed E-state index contributed by atoms with van der Waals surface area (Å²) in [4.78, 5) is 24.4. The van der Waals surface area contributed by atoms with Gasteiger partial charge in [0.1, 0.15) is 0 Å². The van der Waals surface area contributed by atoms with Gasteiger partial charge in [-0.15, -0.1) is 0 Å². The number of hydrogen-bond donors (Lipinski definition) is 0. The molecule has 0 saturated carbocycles. The Labute approximate surface area is 82.0 Å². The first-order chi connectivity index (χ1) is 6.72. The molecule has 2 fully saturated rings. The van der Waals surface area contributed by atoms with Crippen LogP contribution in [0.1, 0.15) is 6.42 Å². The standard InChI is InChI=1S/C9H13NO4/c1-13-9(12)6-2-8(11)10(3-6)7-4-14-5-7/h6-7H,2-5H2,1H3. The molecule has 14 heavy (non-hydrogen) atoms. The number of methoxy groups -OCH3 is 1. The quantitative estimate of drug-likeness (QED) is 0.558. The van der Waals surface area contributed by atoms with Crippen LogP contribution >= 0.6 is 0 Å². The summed E-state index contributed by atoms with van der Waals surface area (Å²) in [5.74, 6) is -0.539. The molecule has 0 spiro atoms. The SMILES string of the molecule is COC(=O)C1CC(=O)N(C2COC2)C1. The van der Waals surface area contributed by atoms with Gasteiger partial charge in [-0.05, 0) is 0 Å². The molecule has 2 aliphatic rings. The second kappa shape index (κ2) is 3.57. The molecule has 2 saturated heterocycles. The van der Waals surface area contributed by atoms with Crippen LogP contribution in [0.25, 0.3) is 0 Å². The van der Waals surface area contributed by atoms with Crippen LogP contribution in [-0.4, -0.2) is 49.7 Å². The Hall–Kier alpha value is -1.10. The summed E-state index contributed by atoms with van der Waals surface area (Å²) < 4.78 is 9.62. The van der Waals surface area contributed by atoms with Crippen LogP contribution in [0.5, 0.6) is 0 Å². The molecule has 2 rings (SSSR count). The number of esters is 1. The van der Waals surface area contributed by atoms with Crippen LogP contribution in [0.4, 0.5) is 0 Å². The Morgan fingerprint density at radius 3 is 2.79 bits per heavy atom. The Morgan fingerprint density at radius 2 is 2.29 bits per heavy atom. The van der Waals surface area contributed by atoms with Crippen molar-refractivity contribution in [2.45, 2.75) is 12.5 Å². The predicted octanol–water partition coefficient (Wildman–Crippen LogP) is -0.593. The van der Waals surface area contributed by atoms with Gasteiger partial charge in [-0.25, -0.2) is 0 Å². The van der Waals surface area contributed by atoms with E-state index in [1.165, 1.54) is 7.11 Å². The second-order valence-corrected chi connectivity index (χ2v) is 3.66. The van der Waals surface area contributed by atoms with Gasteiger partial charge in [-0.1, -0.05) is 0 Å². The van der Waals surface area contributed by atoms with Gasteiger partial charge in [0.25, 0.3) is 0 Å². The molecule has 78 valence electrons. The lowest BCUT2D eigenvalue weighted by Gasteiger charge is -2.34. The second-order valence-electron chi connectivity index (χ2n) is 3.66. The maximum absolute atomic E-state index is 11.5. The largest absolute Gasteiger partial charge is 0.469 e. The number of amides is 1. The number of rotatable bonds is 2. The number of carbonyl (C=O) groups excluding carboxylic acids is 2. The number of carbonyl (C=O) groups is 2. The Kier molecular flexibility index (Phi) is 2.41. The Morgan fingerprint density at radius 1 is 1.57 bits per heavy atom. The van der Waals surface area contributed by atoms with Gasteiger partial charge in [0, 0.05) is 13.0 Å². The molecular formula is C9H13NO4. The minimum absolute atomic E-state index is 0.0358. The van der Waals surface area contributed by atoms with Gasteiger partial charge >= 0.3 is 5.97 Å². The van der Waals surface area contributed by atoms with E-state index >= 15 is 0 Å². The van der Waals surface area contributed by atoms with Crippen molar-refractivity contribution < 1.29 is 19.1 Å². The number of nitrogens with zero attached hydrogens (tertiary/aromatic N) is 1. The first-order valence-electron chi connectivity index (χ1n) is 4.67. The summed E-state index contributed by atoms with van der Waals surface area (Å²) in [6.07, 6.45) is 0.281. The van der Waals surface area contributed by atoms with Crippen molar-refractivity contribution in [2.75, 3.05) is 26.9 Å². The molecule has 0 radical (unpaired) electrons. The average Bonchev–Trinajstić information content (AvgIpc) is 2.44. The maximum Gasteiger partial charge on any atom is 0.310 e. The lowest BCUT2D eigenvalue weighted by molar-refractivity contribution is -0.145. The van der Waals surface area contributed by atoms with E-state index in [0.717, 1.165) is 0 Å². The van der Waals surface area contributed by atoms with Crippen LogP contribution in [0.15, 0.2) is 0 Å². The summed E-state index contributed by atoms with van der Waals surface area (Å²) >= 11 is 0. The van der Waals surface area contributed by atoms with Crippen molar-refractivity contribution in [1.82, 2.24) is 4.90 Å². The van der Waals surface area contributed by atoms with E-state index in [1.54, 1.807) is 4.90 Å². The third-order valence-corrected chi connectivity index (χ3v) is 2.75.